The number of aliphatic hydroxyl groups excluding tert-OH is 1. The first kappa shape index (κ1) is 12.4. The van der Waals surface area contributed by atoms with Gasteiger partial charge in [0.1, 0.15) is 5.75 Å². The number of hydrogen-bond acceptors (Lipinski definition) is 3. The molecule has 17 heavy (non-hydrogen) atoms. The minimum Gasteiger partial charge on any atom is -0.494 e. The summed E-state index contributed by atoms with van der Waals surface area (Å²) >= 11 is 0. The Morgan fingerprint density at radius 3 is 2.47 bits per heavy atom. The summed E-state index contributed by atoms with van der Waals surface area (Å²) in [6.45, 7) is 5.63. The highest BCUT2D eigenvalue weighted by Gasteiger charge is 2.16. The van der Waals surface area contributed by atoms with Gasteiger partial charge in [-0.3, -0.25) is 0 Å². The fraction of sp³-hybridized carbons (Fsp3) is 0.571. The monoisotopic (exact) mass is 235 g/mol. The molecular weight excluding hydrogens is 214 g/mol. The summed E-state index contributed by atoms with van der Waals surface area (Å²) in [6.07, 6.45) is 2.13. The molecule has 1 aliphatic heterocycles. The van der Waals surface area contributed by atoms with Crippen molar-refractivity contribution in [1.29, 1.82) is 0 Å². The van der Waals surface area contributed by atoms with Crippen LogP contribution in [0.4, 0.5) is 0 Å². The maximum atomic E-state index is 10.1. The molecule has 1 unspecified atom stereocenters. The molecule has 1 aromatic carbocycles. The SMILES string of the molecule is CCOc1ccc(C(O)CN2CCCC2)cc1. The molecule has 0 aliphatic carbocycles. The van der Waals surface area contributed by atoms with Gasteiger partial charge in [0.2, 0.25) is 0 Å². The third-order valence-electron chi connectivity index (χ3n) is 3.21. The van der Waals surface area contributed by atoms with Gasteiger partial charge < -0.3 is 14.7 Å². The zero-order chi connectivity index (χ0) is 12.1. The largest absolute Gasteiger partial charge is 0.494 e. The summed E-state index contributed by atoms with van der Waals surface area (Å²) in [5.41, 5.74) is 0.973. The Morgan fingerprint density at radius 2 is 1.88 bits per heavy atom. The van der Waals surface area contributed by atoms with E-state index in [-0.39, 0.29) is 6.10 Å². The standard InChI is InChI=1S/C14H21NO2/c1-2-17-13-7-5-12(6-8-13)14(16)11-15-9-3-4-10-15/h5-8,14,16H,2-4,9-11H2,1H3. The van der Waals surface area contributed by atoms with Crippen molar-refractivity contribution in [3.05, 3.63) is 29.8 Å². The van der Waals surface area contributed by atoms with Crippen LogP contribution >= 0.6 is 0 Å². The first-order chi connectivity index (χ1) is 8.29. The first-order valence-corrected chi connectivity index (χ1v) is 6.43. The van der Waals surface area contributed by atoms with Crippen molar-refractivity contribution in [3.8, 4) is 5.75 Å². The molecule has 1 atom stereocenters. The van der Waals surface area contributed by atoms with E-state index in [0.29, 0.717) is 6.61 Å². The van der Waals surface area contributed by atoms with E-state index in [2.05, 4.69) is 4.90 Å². The zero-order valence-electron chi connectivity index (χ0n) is 10.4. The summed E-state index contributed by atoms with van der Waals surface area (Å²) in [5, 5.41) is 10.1. The Morgan fingerprint density at radius 1 is 1.24 bits per heavy atom. The second kappa shape index (κ2) is 6.03. The smallest absolute Gasteiger partial charge is 0.119 e. The Labute approximate surface area is 103 Å². The van der Waals surface area contributed by atoms with Crippen LogP contribution in [0.1, 0.15) is 31.4 Å². The lowest BCUT2D eigenvalue weighted by Crippen LogP contribution is -2.25. The highest BCUT2D eigenvalue weighted by Crippen LogP contribution is 2.20. The Balaban J connectivity index is 1.91. The fourth-order valence-electron chi connectivity index (χ4n) is 2.27. The van der Waals surface area contributed by atoms with Crippen LogP contribution in [0.15, 0.2) is 24.3 Å². The van der Waals surface area contributed by atoms with E-state index in [0.717, 1.165) is 30.9 Å². The Bertz CT molecular complexity index is 331. The summed E-state index contributed by atoms with van der Waals surface area (Å²) in [6, 6.07) is 7.75. The Kier molecular flexibility index (Phi) is 4.40. The van der Waals surface area contributed by atoms with E-state index in [1.807, 2.05) is 31.2 Å². The van der Waals surface area contributed by atoms with E-state index >= 15 is 0 Å². The molecule has 1 aromatic rings. The highest BCUT2D eigenvalue weighted by molar-refractivity contribution is 5.28. The second-order valence-corrected chi connectivity index (χ2v) is 4.53. The van der Waals surface area contributed by atoms with Crippen LogP contribution < -0.4 is 4.74 Å². The molecule has 1 fully saturated rings. The van der Waals surface area contributed by atoms with Crippen molar-refractivity contribution in [2.45, 2.75) is 25.9 Å². The predicted octanol–water partition coefficient (Wildman–Crippen LogP) is 2.21. The molecule has 1 saturated heterocycles. The van der Waals surface area contributed by atoms with Crippen molar-refractivity contribution in [2.75, 3.05) is 26.2 Å². The first-order valence-electron chi connectivity index (χ1n) is 6.43. The average Bonchev–Trinajstić information content (AvgIpc) is 2.83. The lowest BCUT2D eigenvalue weighted by molar-refractivity contribution is 0.126. The molecule has 3 nitrogen and oxygen atoms in total. The van der Waals surface area contributed by atoms with Gasteiger partial charge in [-0.15, -0.1) is 0 Å². The maximum absolute atomic E-state index is 10.1. The number of ether oxygens (including phenoxy) is 1. The Hall–Kier alpha value is -1.06. The molecule has 0 radical (unpaired) electrons. The predicted molar refractivity (Wildman–Crippen MR) is 68.2 cm³/mol. The van der Waals surface area contributed by atoms with Gasteiger partial charge in [-0.2, -0.15) is 0 Å². The third-order valence-corrected chi connectivity index (χ3v) is 3.21. The number of likely N-dealkylation sites (tertiary alicyclic amines) is 1. The van der Waals surface area contributed by atoms with E-state index < -0.39 is 0 Å². The van der Waals surface area contributed by atoms with Gasteiger partial charge in [0.25, 0.3) is 0 Å². The number of benzene rings is 1. The molecule has 0 saturated carbocycles. The molecule has 1 heterocycles. The molecule has 0 amide bonds. The lowest BCUT2D eigenvalue weighted by Gasteiger charge is -2.19. The number of rotatable bonds is 5. The fourth-order valence-corrected chi connectivity index (χ4v) is 2.27. The van der Waals surface area contributed by atoms with Crippen LogP contribution in [-0.2, 0) is 0 Å². The quantitative estimate of drug-likeness (QED) is 0.849. The van der Waals surface area contributed by atoms with Gasteiger partial charge >= 0.3 is 0 Å². The molecule has 94 valence electrons. The van der Waals surface area contributed by atoms with Gasteiger partial charge in [0, 0.05) is 6.54 Å². The molecule has 1 N–H and O–H groups in total. The number of hydrogen-bond donors (Lipinski definition) is 1. The van der Waals surface area contributed by atoms with E-state index in [4.69, 9.17) is 4.74 Å². The molecule has 1 aliphatic rings. The van der Waals surface area contributed by atoms with Crippen molar-refractivity contribution >= 4 is 0 Å². The van der Waals surface area contributed by atoms with Gasteiger partial charge in [-0.25, -0.2) is 0 Å². The topological polar surface area (TPSA) is 32.7 Å². The van der Waals surface area contributed by atoms with Crippen LogP contribution in [0, 0.1) is 0 Å². The number of aliphatic hydroxyl groups is 1. The summed E-state index contributed by atoms with van der Waals surface area (Å²) < 4.78 is 5.38. The molecular formula is C14H21NO2. The number of nitrogens with zero attached hydrogens (tertiary/aromatic N) is 1. The minimum absolute atomic E-state index is 0.385. The molecule has 0 aromatic heterocycles. The second-order valence-electron chi connectivity index (χ2n) is 4.53. The van der Waals surface area contributed by atoms with E-state index in [9.17, 15) is 5.11 Å². The van der Waals surface area contributed by atoms with Crippen LogP contribution in [0.3, 0.4) is 0 Å². The average molecular weight is 235 g/mol. The van der Waals surface area contributed by atoms with Gasteiger partial charge in [-0.1, -0.05) is 12.1 Å². The number of β-amino-alcohol motifs (C(OH)–C–C–N with tert-alkyl or cyclic N) is 1. The molecule has 2 rings (SSSR count). The highest BCUT2D eigenvalue weighted by atomic mass is 16.5. The van der Waals surface area contributed by atoms with Crippen molar-refractivity contribution < 1.29 is 9.84 Å². The van der Waals surface area contributed by atoms with Crippen LogP contribution in [0.2, 0.25) is 0 Å². The molecule has 0 spiro atoms. The van der Waals surface area contributed by atoms with Crippen molar-refractivity contribution in [3.63, 3.8) is 0 Å². The van der Waals surface area contributed by atoms with Crippen LogP contribution in [0.25, 0.3) is 0 Å². The van der Waals surface area contributed by atoms with E-state index in [1.54, 1.807) is 0 Å². The lowest BCUT2D eigenvalue weighted by atomic mass is 10.1. The summed E-state index contributed by atoms with van der Waals surface area (Å²) in [4.78, 5) is 2.32. The summed E-state index contributed by atoms with van der Waals surface area (Å²) in [5.74, 6) is 0.865. The van der Waals surface area contributed by atoms with Crippen molar-refractivity contribution in [1.82, 2.24) is 4.90 Å². The normalized spacial score (nSPS) is 18.2. The molecule has 3 heteroatoms. The van der Waals surface area contributed by atoms with E-state index in [1.165, 1.54) is 12.8 Å². The van der Waals surface area contributed by atoms with Crippen LogP contribution in [0.5, 0.6) is 5.75 Å². The van der Waals surface area contributed by atoms with Gasteiger partial charge in [0.05, 0.1) is 12.7 Å². The van der Waals surface area contributed by atoms with Crippen molar-refractivity contribution in [2.24, 2.45) is 0 Å². The summed E-state index contributed by atoms with van der Waals surface area (Å²) in [7, 11) is 0. The molecule has 0 bridgehead atoms. The van der Waals surface area contributed by atoms with Crippen LogP contribution in [-0.4, -0.2) is 36.2 Å². The minimum atomic E-state index is -0.385. The maximum Gasteiger partial charge on any atom is 0.119 e. The third kappa shape index (κ3) is 3.45. The van der Waals surface area contributed by atoms with Gasteiger partial charge in [0.15, 0.2) is 0 Å². The zero-order valence-corrected chi connectivity index (χ0v) is 10.4. The van der Waals surface area contributed by atoms with Gasteiger partial charge in [-0.05, 0) is 50.6 Å².